The summed E-state index contributed by atoms with van der Waals surface area (Å²) in [7, 11) is 3.42. The molecule has 2 aromatic heterocycles. The number of carbonyl (C=O) groups excluding carboxylic acids is 1. The Morgan fingerprint density at radius 2 is 2.15 bits per heavy atom. The Labute approximate surface area is 192 Å². The highest BCUT2D eigenvalue weighted by Crippen LogP contribution is 2.38. The lowest BCUT2D eigenvalue weighted by Gasteiger charge is -2.43. The first-order valence-electron chi connectivity index (χ1n) is 11.0. The summed E-state index contributed by atoms with van der Waals surface area (Å²) in [5.74, 6) is 1.95. The zero-order valence-electron chi connectivity index (χ0n) is 19.2. The number of fused-ring (bicyclic) bond motifs is 3. The molecule has 2 aliphatic rings. The molecule has 1 aromatic carbocycles. The fourth-order valence-corrected chi connectivity index (χ4v) is 4.38. The Balaban J connectivity index is 1.51. The van der Waals surface area contributed by atoms with Gasteiger partial charge in [-0.05, 0) is 25.5 Å². The molecule has 172 valence electrons. The fourth-order valence-electron chi connectivity index (χ4n) is 4.38. The summed E-state index contributed by atoms with van der Waals surface area (Å²) >= 11 is 0. The Morgan fingerprint density at radius 1 is 1.30 bits per heavy atom. The van der Waals surface area contributed by atoms with E-state index in [0.29, 0.717) is 37.9 Å². The average molecular weight is 450 g/mol. The summed E-state index contributed by atoms with van der Waals surface area (Å²) in [6, 6.07) is 5.47. The average Bonchev–Trinajstić information content (AvgIpc) is 3.27. The van der Waals surface area contributed by atoms with Gasteiger partial charge in [-0.3, -0.25) is 4.79 Å². The van der Waals surface area contributed by atoms with Gasteiger partial charge in [0.2, 0.25) is 5.95 Å². The molecule has 3 aromatic rings. The predicted octanol–water partition coefficient (Wildman–Crippen LogP) is 2.47. The van der Waals surface area contributed by atoms with Crippen molar-refractivity contribution in [1.82, 2.24) is 19.5 Å². The Morgan fingerprint density at radius 3 is 2.88 bits per heavy atom. The maximum atomic E-state index is 12.9. The highest BCUT2D eigenvalue weighted by Gasteiger charge is 2.41. The number of nitrogens with zero attached hydrogens (tertiary/aromatic N) is 6. The number of morpholine rings is 1. The quantitative estimate of drug-likeness (QED) is 0.635. The smallest absolute Gasteiger partial charge is 0.252 e. The largest absolute Gasteiger partial charge is 0.494 e. The van der Waals surface area contributed by atoms with E-state index in [-0.39, 0.29) is 11.9 Å². The van der Waals surface area contributed by atoms with E-state index in [1.54, 1.807) is 25.4 Å². The van der Waals surface area contributed by atoms with Gasteiger partial charge in [0.05, 0.1) is 43.7 Å². The number of ether oxygens (including phenoxy) is 2. The van der Waals surface area contributed by atoms with Crippen molar-refractivity contribution in [2.24, 2.45) is 0 Å². The minimum absolute atomic E-state index is 0.0104. The third-order valence-corrected chi connectivity index (χ3v) is 6.05. The number of rotatable bonds is 5. The predicted molar refractivity (Wildman–Crippen MR) is 125 cm³/mol. The Bertz CT molecular complexity index is 1210. The minimum Gasteiger partial charge on any atom is -0.494 e. The van der Waals surface area contributed by atoms with Crippen molar-refractivity contribution in [1.29, 1.82) is 0 Å². The first-order chi connectivity index (χ1) is 16.0. The molecule has 0 spiro atoms. The number of aryl methyl sites for hydroxylation is 2. The Hall–Kier alpha value is -3.66. The van der Waals surface area contributed by atoms with Crippen molar-refractivity contribution in [3.63, 3.8) is 0 Å². The van der Waals surface area contributed by atoms with Crippen LogP contribution in [0.4, 0.5) is 23.1 Å². The van der Waals surface area contributed by atoms with Crippen LogP contribution in [0.1, 0.15) is 18.3 Å². The molecule has 2 aliphatic heterocycles. The Kier molecular flexibility index (Phi) is 5.37. The van der Waals surface area contributed by atoms with E-state index in [9.17, 15) is 4.79 Å². The van der Waals surface area contributed by atoms with Crippen molar-refractivity contribution in [2.75, 3.05) is 49.0 Å². The molecule has 33 heavy (non-hydrogen) atoms. The fraction of sp³-hybridized carbons (Fsp3) is 0.391. The van der Waals surface area contributed by atoms with Crippen LogP contribution in [-0.4, -0.2) is 65.4 Å². The summed E-state index contributed by atoms with van der Waals surface area (Å²) < 4.78 is 13.1. The number of nitrogens with one attached hydrogen (secondary N) is 1. The molecule has 1 atom stereocenters. The van der Waals surface area contributed by atoms with E-state index in [2.05, 4.69) is 10.3 Å². The highest BCUT2D eigenvalue weighted by molar-refractivity contribution is 6.05. The second-order valence-corrected chi connectivity index (χ2v) is 8.13. The number of likely N-dealkylation sites (N-methyl/N-ethyl adjacent to an activating group) is 1. The van der Waals surface area contributed by atoms with Crippen molar-refractivity contribution in [3.8, 4) is 11.4 Å². The van der Waals surface area contributed by atoms with Gasteiger partial charge < -0.3 is 29.2 Å². The van der Waals surface area contributed by atoms with Gasteiger partial charge >= 0.3 is 0 Å². The van der Waals surface area contributed by atoms with Gasteiger partial charge in [0, 0.05) is 31.5 Å². The number of anilines is 4. The summed E-state index contributed by atoms with van der Waals surface area (Å²) in [5, 5.41) is 3.32. The SMILES string of the molecule is CCc1nc(Nc2ccc(-n3cnc(C)c3)c(OC)c2)nc2c1N(C)C(=O)[C@H]1COCCN21. The van der Waals surface area contributed by atoms with E-state index in [1.165, 1.54) is 0 Å². The van der Waals surface area contributed by atoms with Crippen LogP contribution < -0.4 is 19.9 Å². The van der Waals surface area contributed by atoms with Crippen molar-refractivity contribution < 1.29 is 14.3 Å². The number of carbonyl (C=O) groups is 1. The van der Waals surface area contributed by atoms with Gasteiger partial charge in [-0.1, -0.05) is 6.92 Å². The molecule has 1 fully saturated rings. The summed E-state index contributed by atoms with van der Waals surface area (Å²) in [6.07, 6.45) is 4.38. The van der Waals surface area contributed by atoms with Crippen LogP contribution in [0.2, 0.25) is 0 Å². The second kappa shape index (κ2) is 8.36. The maximum absolute atomic E-state index is 12.9. The van der Waals surface area contributed by atoms with Crippen LogP contribution in [0.15, 0.2) is 30.7 Å². The van der Waals surface area contributed by atoms with Crippen LogP contribution in [0.5, 0.6) is 5.75 Å². The van der Waals surface area contributed by atoms with E-state index >= 15 is 0 Å². The number of methoxy groups -OCH3 is 1. The van der Waals surface area contributed by atoms with Gasteiger partial charge in [0.1, 0.15) is 17.5 Å². The molecular weight excluding hydrogens is 422 g/mol. The van der Waals surface area contributed by atoms with E-state index in [4.69, 9.17) is 19.4 Å². The first-order valence-corrected chi connectivity index (χ1v) is 11.0. The number of amides is 1. The lowest BCUT2D eigenvalue weighted by Crippen LogP contribution is -2.58. The lowest BCUT2D eigenvalue weighted by atomic mass is 10.1. The van der Waals surface area contributed by atoms with Crippen molar-refractivity contribution >= 4 is 29.0 Å². The zero-order chi connectivity index (χ0) is 23.1. The molecule has 0 saturated carbocycles. The summed E-state index contributed by atoms with van der Waals surface area (Å²) in [5.41, 5.74) is 4.21. The molecule has 5 rings (SSSR count). The lowest BCUT2D eigenvalue weighted by molar-refractivity contribution is -0.122. The van der Waals surface area contributed by atoms with Gasteiger partial charge in [-0.2, -0.15) is 4.98 Å². The molecule has 0 bridgehead atoms. The minimum atomic E-state index is -0.360. The molecule has 1 saturated heterocycles. The monoisotopic (exact) mass is 449 g/mol. The van der Waals surface area contributed by atoms with Crippen LogP contribution in [0, 0.1) is 6.92 Å². The first kappa shape index (κ1) is 21.2. The number of hydrogen-bond donors (Lipinski definition) is 1. The molecule has 0 unspecified atom stereocenters. The highest BCUT2D eigenvalue weighted by atomic mass is 16.5. The standard InChI is InChI=1S/C23H27N7O3/c1-5-16-20-21(30-8-9-33-12-18(30)22(31)28(20)3)27-23(26-16)25-15-6-7-17(19(10-15)32-4)29-11-14(2)24-13-29/h6-7,10-11,13,18H,5,8-9,12H2,1-4H3,(H,25,26,27)/t18-/m1/s1. The van der Waals surface area contributed by atoms with Crippen molar-refractivity contribution in [3.05, 3.63) is 42.1 Å². The van der Waals surface area contributed by atoms with Crippen LogP contribution in [-0.2, 0) is 16.0 Å². The number of aromatic nitrogens is 4. The van der Waals surface area contributed by atoms with E-state index < -0.39 is 0 Å². The molecule has 0 radical (unpaired) electrons. The maximum Gasteiger partial charge on any atom is 0.252 e. The molecule has 4 heterocycles. The molecule has 0 aliphatic carbocycles. The summed E-state index contributed by atoms with van der Waals surface area (Å²) in [6.45, 7) is 5.52. The third kappa shape index (κ3) is 3.66. The van der Waals surface area contributed by atoms with Crippen LogP contribution in [0.3, 0.4) is 0 Å². The molecule has 1 N–H and O–H groups in total. The van der Waals surface area contributed by atoms with Crippen LogP contribution in [0.25, 0.3) is 5.69 Å². The zero-order valence-corrected chi connectivity index (χ0v) is 19.2. The topological polar surface area (TPSA) is 97.6 Å². The number of imidazole rings is 1. The van der Waals surface area contributed by atoms with Gasteiger partial charge in [0.25, 0.3) is 5.91 Å². The molecule has 10 nitrogen and oxygen atoms in total. The summed E-state index contributed by atoms with van der Waals surface area (Å²) in [4.78, 5) is 30.5. The van der Waals surface area contributed by atoms with Gasteiger partial charge in [-0.15, -0.1) is 0 Å². The van der Waals surface area contributed by atoms with E-state index in [0.717, 1.165) is 34.3 Å². The van der Waals surface area contributed by atoms with E-state index in [1.807, 2.05) is 47.7 Å². The third-order valence-electron chi connectivity index (χ3n) is 6.05. The second-order valence-electron chi connectivity index (χ2n) is 8.13. The van der Waals surface area contributed by atoms with Gasteiger partial charge in [0.15, 0.2) is 5.82 Å². The van der Waals surface area contributed by atoms with Crippen molar-refractivity contribution in [2.45, 2.75) is 26.3 Å². The number of hydrogen-bond acceptors (Lipinski definition) is 8. The molecule has 1 amide bonds. The normalized spacial score (nSPS) is 17.6. The van der Waals surface area contributed by atoms with Gasteiger partial charge in [-0.25, -0.2) is 9.97 Å². The molecular formula is C23H27N7O3. The van der Waals surface area contributed by atoms with Crippen LogP contribution >= 0.6 is 0 Å². The molecule has 10 heteroatoms. The number of benzene rings is 1.